The van der Waals surface area contributed by atoms with Gasteiger partial charge in [-0.05, 0) is 73.2 Å². The van der Waals surface area contributed by atoms with Gasteiger partial charge >= 0.3 is 0 Å². The van der Waals surface area contributed by atoms with E-state index < -0.39 is 23.5 Å². The predicted molar refractivity (Wildman–Crippen MR) is 221 cm³/mol. The molecular weight excluding hydrogens is 728 g/mol. The topological polar surface area (TPSA) is 147 Å². The molecular formula is C43H49FN8O5. The number of carbonyl (C=O) groups is 1. The monoisotopic (exact) mass is 776 g/mol. The van der Waals surface area contributed by atoms with Crippen molar-refractivity contribution in [3.05, 3.63) is 111 Å². The molecule has 2 aromatic heterocycles. The van der Waals surface area contributed by atoms with Crippen LogP contribution in [0.5, 0.6) is 0 Å². The summed E-state index contributed by atoms with van der Waals surface area (Å²) in [6.07, 6.45) is 6.25. The molecule has 7 rings (SSSR count). The number of aliphatic hydroxyl groups excluding tert-OH is 1. The molecule has 0 spiro atoms. The summed E-state index contributed by atoms with van der Waals surface area (Å²) >= 11 is 0. The smallest absolute Gasteiger partial charge is 0.293 e. The Balaban J connectivity index is 1.22. The summed E-state index contributed by atoms with van der Waals surface area (Å²) in [6.45, 7) is 15.3. The first-order chi connectivity index (χ1) is 27.3. The Morgan fingerprint density at radius 1 is 1.07 bits per heavy atom. The van der Waals surface area contributed by atoms with E-state index in [4.69, 9.17) is 9.72 Å². The number of nitrogens with one attached hydrogen (secondary N) is 2. The second kappa shape index (κ2) is 16.0. The lowest BCUT2D eigenvalue weighted by Crippen LogP contribution is -2.56. The molecule has 298 valence electrons. The lowest BCUT2D eigenvalue weighted by molar-refractivity contribution is -0.111. The minimum Gasteiger partial charge on any atom is -0.392 e. The minimum absolute atomic E-state index is 0.00537. The third kappa shape index (κ3) is 7.98. The van der Waals surface area contributed by atoms with Gasteiger partial charge < -0.3 is 29.9 Å². The van der Waals surface area contributed by atoms with Gasteiger partial charge in [-0.15, -0.1) is 0 Å². The van der Waals surface area contributed by atoms with E-state index in [1.54, 1.807) is 37.4 Å². The number of rotatable bonds is 9. The Labute approximate surface area is 330 Å². The number of carbonyl (C=O) groups excluding carboxylic acids is 1. The zero-order chi connectivity index (χ0) is 40.6. The van der Waals surface area contributed by atoms with E-state index in [1.165, 1.54) is 29.1 Å². The fraction of sp³-hybridized carbons (Fsp3) is 0.372. The lowest BCUT2D eigenvalue weighted by atomic mass is 9.86. The Bertz CT molecular complexity index is 2470. The summed E-state index contributed by atoms with van der Waals surface area (Å²) < 4.78 is 23.5. The highest BCUT2D eigenvalue weighted by Crippen LogP contribution is 2.35. The van der Waals surface area contributed by atoms with Crippen molar-refractivity contribution in [2.45, 2.75) is 64.6 Å². The number of fused-ring (bicyclic) bond motifs is 1. The summed E-state index contributed by atoms with van der Waals surface area (Å²) in [7, 11) is 1.59. The highest BCUT2D eigenvalue weighted by molar-refractivity contribution is 6.02. The van der Waals surface area contributed by atoms with Gasteiger partial charge in [-0.2, -0.15) is 9.78 Å². The normalized spacial score (nSPS) is 16.8. The van der Waals surface area contributed by atoms with E-state index in [0.717, 1.165) is 61.6 Å². The Kier molecular flexibility index (Phi) is 11.1. The van der Waals surface area contributed by atoms with Gasteiger partial charge in [0.05, 0.1) is 40.9 Å². The van der Waals surface area contributed by atoms with Crippen LogP contribution in [0, 0.1) is 5.82 Å². The minimum atomic E-state index is -0.675. The van der Waals surface area contributed by atoms with Crippen LogP contribution in [0.25, 0.3) is 27.7 Å². The zero-order valence-corrected chi connectivity index (χ0v) is 33.0. The van der Waals surface area contributed by atoms with Gasteiger partial charge in [0.25, 0.3) is 11.1 Å². The SMILES string of the molecule is C=CC(=O)Nc1cc(Nc2nc(-c3cccc(-n4ncc5cc(C(C)(C)C)cc(F)c5c4=O)c3CO)cn(C)c2=O)ccc1N1CCN(C2CCOCC2)C[C@@H]1C. The van der Waals surface area contributed by atoms with E-state index in [-0.39, 0.29) is 34.3 Å². The first-order valence-electron chi connectivity index (χ1n) is 19.2. The van der Waals surface area contributed by atoms with Crippen LogP contribution in [0.4, 0.5) is 27.3 Å². The number of aliphatic hydroxyl groups is 1. The Morgan fingerprint density at radius 2 is 1.84 bits per heavy atom. The molecule has 2 saturated heterocycles. The number of amides is 1. The quantitative estimate of drug-likeness (QED) is 0.161. The van der Waals surface area contributed by atoms with Crippen molar-refractivity contribution >= 4 is 39.6 Å². The van der Waals surface area contributed by atoms with E-state index in [1.807, 2.05) is 32.9 Å². The van der Waals surface area contributed by atoms with Gasteiger partial charge in [-0.25, -0.2) is 9.37 Å². The van der Waals surface area contributed by atoms with Crippen LogP contribution in [-0.2, 0) is 28.6 Å². The van der Waals surface area contributed by atoms with E-state index in [0.29, 0.717) is 39.6 Å². The van der Waals surface area contributed by atoms with Crippen molar-refractivity contribution in [2.75, 3.05) is 48.4 Å². The number of halogens is 1. The first kappa shape index (κ1) is 39.5. The molecule has 1 atom stereocenters. The van der Waals surface area contributed by atoms with Crippen molar-refractivity contribution in [1.29, 1.82) is 0 Å². The predicted octanol–water partition coefficient (Wildman–Crippen LogP) is 5.63. The third-order valence-electron chi connectivity index (χ3n) is 11.0. The molecule has 0 saturated carbocycles. The maximum Gasteiger partial charge on any atom is 0.293 e. The average molecular weight is 777 g/mol. The molecule has 0 radical (unpaired) electrons. The number of aryl methyl sites for hydroxylation is 1. The van der Waals surface area contributed by atoms with Crippen LogP contribution < -0.4 is 26.7 Å². The van der Waals surface area contributed by atoms with Gasteiger partial charge in [0.2, 0.25) is 5.91 Å². The summed E-state index contributed by atoms with van der Waals surface area (Å²) in [5.74, 6) is -1.03. The molecule has 1 amide bonds. The van der Waals surface area contributed by atoms with Crippen LogP contribution in [-0.4, -0.2) is 80.2 Å². The van der Waals surface area contributed by atoms with Crippen LogP contribution >= 0.6 is 0 Å². The van der Waals surface area contributed by atoms with Crippen LogP contribution in [0.1, 0.15) is 51.7 Å². The second-order valence-electron chi connectivity index (χ2n) is 15.8. The molecule has 5 aromatic rings. The van der Waals surface area contributed by atoms with E-state index >= 15 is 4.39 Å². The van der Waals surface area contributed by atoms with E-state index in [9.17, 15) is 19.5 Å². The number of ether oxygens (including phenoxy) is 1. The van der Waals surface area contributed by atoms with Crippen molar-refractivity contribution < 1.29 is 19.0 Å². The molecule has 2 fully saturated rings. The van der Waals surface area contributed by atoms with Crippen molar-refractivity contribution in [2.24, 2.45) is 7.05 Å². The number of piperazine rings is 1. The number of benzene rings is 3. The molecule has 2 aliphatic heterocycles. The summed E-state index contributed by atoms with van der Waals surface area (Å²) in [5.41, 5.74) is 2.52. The van der Waals surface area contributed by atoms with Gasteiger partial charge in [0.15, 0.2) is 5.82 Å². The zero-order valence-electron chi connectivity index (χ0n) is 33.0. The number of anilines is 4. The van der Waals surface area contributed by atoms with Gasteiger partial charge in [0, 0.05) is 80.4 Å². The van der Waals surface area contributed by atoms with Gasteiger partial charge in [-0.3, -0.25) is 19.3 Å². The molecule has 0 bridgehead atoms. The molecule has 14 heteroatoms. The van der Waals surface area contributed by atoms with Crippen molar-refractivity contribution in [3.63, 3.8) is 0 Å². The number of hydrogen-bond donors (Lipinski definition) is 3. The fourth-order valence-electron chi connectivity index (χ4n) is 7.85. The maximum atomic E-state index is 15.5. The molecule has 0 aliphatic carbocycles. The fourth-order valence-corrected chi connectivity index (χ4v) is 7.85. The Hall–Kier alpha value is -5.70. The van der Waals surface area contributed by atoms with Crippen LogP contribution in [0.15, 0.2) is 83.2 Å². The molecule has 57 heavy (non-hydrogen) atoms. The van der Waals surface area contributed by atoms with Crippen molar-refractivity contribution in [3.8, 4) is 16.9 Å². The molecule has 3 aromatic carbocycles. The largest absolute Gasteiger partial charge is 0.392 e. The average Bonchev–Trinajstić information content (AvgIpc) is 3.19. The van der Waals surface area contributed by atoms with E-state index in [2.05, 4.69) is 39.0 Å². The lowest BCUT2D eigenvalue weighted by Gasteiger charge is -2.45. The third-order valence-corrected chi connectivity index (χ3v) is 11.0. The first-order valence-corrected chi connectivity index (χ1v) is 19.2. The highest BCUT2D eigenvalue weighted by atomic mass is 19.1. The summed E-state index contributed by atoms with van der Waals surface area (Å²) in [5, 5.41) is 21.5. The summed E-state index contributed by atoms with van der Waals surface area (Å²) in [6, 6.07) is 14.4. The number of hydrogen-bond acceptors (Lipinski definition) is 10. The van der Waals surface area contributed by atoms with Crippen molar-refractivity contribution in [1.82, 2.24) is 24.2 Å². The highest BCUT2D eigenvalue weighted by Gasteiger charge is 2.31. The maximum absolute atomic E-state index is 15.5. The van der Waals surface area contributed by atoms with Gasteiger partial charge in [0.1, 0.15) is 5.82 Å². The number of aromatic nitrogens is 4. The summed E-state index contributed by atoms with van der Waals surface area (Å²) in [4.78, 5) is 49.5. The number of nitrogens with zero attached hydrogens (tertiary/aromatic N) is 6. The van der Waals surface area contributed by atoms with Gasteiger partial charge in [-0.1, -0.05) is 39.5 Å². The second-order valence-corrected chi connectivity index (χ2v) is 15.8. The van der Waals surface area contributed by atoms with Crippen LogP contribution in [0.2, 0.25) is 0 Å². The molecule has 3 N–H and O–H groups in total. The molecule has 4 heterocycles. The molecule has 2 aliphatic rings. The standard InChI is InChI=1S/C43H49FN8O5/c1-7-38(54)47-34-21-29(11-12-37(34)51-16-15-50(23-26(51)2)30-13-17-57-18-14-30)46-40-42(56)49(6)24-35(48-40)31-9-8-10-36(32(31)25-53)52-41(55)39-27(22-45-52)19-28(20-33(39)44)43(3,4)5/h7-12,19-22,24,26,30,53H,1,13-18,23,25H2,2-6H3,(H,46,48)(H,47,54)/t26-/m0/s1. The molecule has 0 unspecified atom stereocenters. The van der Waals surface area contributed by atoms with Crippen LogP contribution in [0.3, 0.4) is 0 Å². The Morgan fingerprint density at radius 3 is 2.54 bits per heavy atom. The molecule has 13 nitrogen and oxygen atoms in total.